The second-order valence-electron chi connectivity index (χ2n) is 3.15. The van der Waals surface area contributed by atoms with E-state index in [2.05, 4.69) is 9.71 Å². The largest absolute Gasteiger partial charge is 0.329 e. The Hall–Kier alpha value is -1.14. The van der Waals surface area contributed by atoms with Crippen molar-refractivity contribution in [3.8, 4) is 0 Å². The number of rotatable bonds is 5. The molecule has 1 rings (SSSR count). The van der Waals surface area contributed by atoms with Crippen LogP contribution in [0, 0.1) is 0 Å². The van der Waals surface area contributed by atoms with Crippen molar-refractivity contribution in [2.24, 2.45) is 5.73 Å². The second-order valence-corrected chi connectivity index (χ2v) is 5.11. The fourth-order valence-corrected chi connectivity index (χ4v) is 2.50. The minimum Gasteiger partial charge on any atom is -0.329 e. The molecule has 0 saturated carbocycles. The van der Waals surface area contributed by atoms with E-state index in [0.29, 0.717) is 12.1 Å². The first-order valence-corrected chi connectivity index (χ1v) is 6.26. The molecule has 0 aliphatic carbocycles. The summed E-state index contributed by atoms with van der Waals surface area (Å²) >= 11 is 0. The summed E-state index contributed by atoms with van der Waals surface area (Å²) in [7, 11) is -3.38. The first-order chi connectivity index (χ1) is 7.10. The van der Waals surface area contributed by atoms with Crippen LogP contribution in [0.5, 0.6) is 0 Å². The Balaban J connectivity index is 2.81. The third-order valence-corrected chi connectivity index (χ3v) is 4.02. The highest BCUT2D eigenvalue weighted by Gasteiger charge is 2.21. The molecule has 0 saturated heterocycles. The van der Waals surface area contributed by atoms with Crippen LogP contribution < -0.4 is 10.5 Å². The predicted octanol–water partition coefficient (Wildman–Crippen LogP) is 0.561. The molecule has 84 valence electrons. The molecule has 0 spiro atoms. The molecule has 3 N–H and O–H groups in total. The smallest absolute Gasteiger partial charge is 0.236 e. The Morgan fingerprint density at radius 2 is 2.07 bits per heavy atom. The van der Waals surface area contributed by atoms with E-state index in [0.717, 1.165) is 0 Å². The van der Waals surface area contributed by atoms with Gasteiger partial charge in [0.05, 0.1) is 10.9 Å². The van der Waals surface area contributed by atoms with Crippen molar-refractivity contribution < 1.29 is 8.42 Å². The van der Waals surface area contributed by atoms with Gasteiger partial charge in [0.15, 0.2) is 0 Å². The second kappa shape index (κ2) is 5.09. The van der Waals surface area contributed by atoms with Gasteiger partial charge in [0.2, 0.25) is 10.0 Å². The minimum atomic E-state index is -3.38. The van der Waals surface area contributed by atoms with E-state index in [1.165, 1.54) is 12.4 Å². The molecular weight excluding hydrogens is 214 g/mol. The zero-order chi connectivity index (χ0) is 11.3. The lowest BCUT2D eigenvalue weighted by Crippen LogP contribution is -2.33. The Labute approximate surface area is 89.8 Å². The summed E-state index contributed by atoms with van der Waals surface area (Å²) in [6.07, 6.45) is 3.55. The minimum absolute atomic E-state index is 0.122. The van der Waals surface area contributed by atoms with Gasteiger partial charge in [0.25, 0.3) is 0 Å². The van der Waals surface area contributed by atoms with Crippen LogP contribution in [0.2, 0.25) is 0 Å². The number of nitrogens with two attached hydrogens (primary N) is 1. The molecule has 1 heterocycles. The number of nitrogens with zero attached hydrogens (tertiary/aromatic N) is 1. The van der Waals surface area contributed by atoms with Crippen LogP contribution in [-0.2, 0) is 10.0 Å². The Kier molecular flexibility index (Phi) is 4.05. The molecule has 6 heteroatoms. The molecule has 0 amide bonds. The van der Waals surface area contributed by atoms with E-state index in [1.54, 1.807) is 19.1 Å². The van der Waals surface area contributed by atoms with Crippen molar-refractivity contribution >= 4 is 15.7 Å². The molecule has 0 fully saturated rings. The summed E-state index contributed by atoms with van der Waals surface area (Å²) in [4.78, 5) is 3.80. The van der Waals surface area contributed by atoms with Crippen LogP contribution in [0.1, 0.15) is 13.3 Å². The van der Waals surface area contributed by atoms with Gasteiger partial charge in [0.1, 0.15) is 0 Å². The van der Waals surface area contributed by atoms with Gasteiger partial charge in [0, 0.05) is 18.9 Å². The number of sulfonamides is 1. The van der Waals surface area contributed by atoms with Crippen LogP contribution in [0.25, 0.3) is 0 Å². The fraction of sp³-hybridized carbons (Fsp3) is 0.444. The molecule has 0 radical (unpaired) electrons. The number of anilines is 1. The van der Waals surface area contributed by atoms with Crippen LogP contribution in [-0.4, -0.2) is 25.2 Å². The van der Waals surface area contributed by atoms with Gasteiger partial charge in [-0.2, -0.15) is 0 Å². The van der Waals surface area contributed by atoms with E-state index in [1.807, 2.05) is 0 Å². The SMILES string of the molecule is CCC(CN)S(=O)(=O)Nc1ccncc1. The quantitative estimate of drug-likeness (QED) is 0.772. The van der Waals surface area contributed by atoms with Crippen LogP contribution in [0.4, 0.5) is 5.69 Å². The monoisotopic (exact) mass is 229 g/mol. The topological polar surface area (TPSA) is 85.1 Å². The number of pyridine rings is 1. The highest BCUT2D eigenvalue weighted by Crippen LogP contribution is 2.11. The third kappa shape index (κ3) is 3.17. The van der Waals surface area contributed by atoms with Gasteiger partial charge in [-0.25, -0.2) is 8.42 Å². The van der Waals surface area contributed by atoms with Crippen molar-refractivity contribution in [1.29, 1.82) is 0 Å². The summed E-state index contributed by atoms with van der Waals surface area (Å²) in [6.45, 7) is 1.92. The van der Waals surface area contributed by atoms with Gasteiger partial charge >= 0.3 is 0 Å². The molecule has 0 aliphatic rings. The first kappa shape index (κ1) is 11.9. The Morgan fingerprint density at radius 1 is 1.47 bits per heavy atom. The Morgan fingerprint density at radius 3 is 2.53 bits per heavy atom. The zero-order valence-electron chi connectivity index (χ0n) is 8.55. The lowest BCUT2D eigenvalue weighted by Gasteiger charge is -2.14. The maximum absolute atomic E-state index is 11.8. The molecule has 1 aromatic rings. The zero-order valence-corrected chi connectivity index (χ0v) is 9.37. The average Bonchev–Trinajstić information content (AvgIpc) is 2.19. The van der Waals surface area contributed by atoms with Gasteiger partial charge < -0.3 is 5.73 Å². The van der Waals surface area contributed by atoms with Crippen molar-refractivity contribution in [2.45, 2.75) is 18.6 Å². The van der Waals surface area contributed by atoms with Gasteiger partial charge in [-0.15, -0.1) is 0 Å². The number of hydrogen-bond acceptors (Lipinski definition) is 4. The van der Waals surface area contributed by atoms with Crippen LogP contribution >= 0.6 is 0 Å². The summed E-state index contributed by atoms with van der Waals surface area (Å²) < 4.78 is 26.0. The molecule has 1 atom stereocenters. The molecule has 0 aromatic carbocycles. The van der Waals surface area contributed by atoms with E-state index in [9.17, 15) is 8.42 Å². The van der Waals surface area contributed by atoms with Crippen molar-refractivity contribution in [3.63, 3.8) is 0 Å². The molecule has 0 bridgehead atoms. The van der Waals surface area contributed by atoms with E-state index >= 15 is 0 Å². The fourth-order valence-electron chi connectivity index (χ4n) is 1.18. The van der Waals surface area contributed by atoms with Crippen molar-refractivity contribution in [2.75, 3.05) is 11.3 Å². The maximum Gasteiger partial charge on any atom is 0.236 e. The highest BCUT2D eigenvalue weighted by atomic mass is 32.2. The Bertz CT molecular complexity index is 387. The van der Waals surface area contributed by atoms with Crippen LogP contribution in [0.3, 0.4) is 0 Å². The number of hydrogen-bond donors (Lipinski definition) is 2. The summed E-state index contributed by atoms with van der Waals surface area (Å²) in [5, 5.41) is -0.550. The normalized spacial score (nSPS) is 13.5. The summed E-state index contributed by atoms with van der Waals surface area (Å²) in [5.41, 5.74) is 5.90. The van der Waals surface area contributed by atoms with Gasteiger partial charge in [-0.3, -0.25) is 9.71 Å². The summed E-state index contributed by atoms with van der Waals surface area (Å²) in [5.74, 6) is 0. The molecule has 15 heavy (non-hydrogen) atoms. The van der Waals surface area contributed by atoms with Crippen molar-refractivity contribution in [1.82, 2.24) is 4.98 Å². The first-order valence-electron chi connectivity index (χ1n) is 4.72. The lowest BCUT2D eigenvalue weighted by molar-refractivity contribution is 0.581. The van der Waals surface area contributed by atoms with Gasteiger partial charge in [-0.05, 0) is 18.6 Å². The molecular formula is C9H15N3O2S. The number of nitrogens with one attached hydrogen (secondary N) is 1. The van der Waals surface area contributed by atoms with E-state index in [4.69, 9.17) is 5.73 Å². The van der Waals surface area contributed by atoms with E-state index < -0.39 is 15.3 Å². The van der Waals surface area contributed by atoms with Crippen molar-refractivity contribution in [3.05, 3.63) is 24.5 Å². The molecule has 0 aliphatic heterocycles. The maximum atomic E-state index is 11.8. The van der Waals surface area contributed by atoms with Crippen LogP contribution in [0.15, 0.2) is 24.5 Å². The van der Waals surface area contributed by atoms with E-state index in [-0.39, 0.29) is 6.54 Å². The highest BCUT2D eigenvalue weighted by molar-refractivity contribution is 7.93. The number of aromatic nitrogens is 1. The molecule has 1 unspecified atom stereocenters. The lowest BCUT2D eigenvalue weighted by atomic mass is 10.3. The standard InChI is InChI=1S/C9H15N3O2S/c1-2-9(7-10)15(13,14)12-8-3-5-11-6-4-8/h3-6,9H,2,7,10H2,1H3,(H,11,12). The van der Waals surface area contributed by atoms with Gasteiger partial charge in [-0.1, -0.05) is 6.92 Å². The third-order valence-electron chi connectivity index (χ3n) is 2.10. The predicted molar refractivity (Wildman–Crippen MR) is 59.9 cm³/mol. The molecule has 1 aromatic heterocycles. The summed E-state index contributed by atoms with van der Waals surface area (Å²) in [6, 6.07) is 3.20. The molecule has 5 nitrogen and oxygen atoms in total. The average molecular weight is 229 g/mol.